The Hall–Kier alpha value is -2.70. The van der Waals surface area contributed by atoms with E-state index in [0.29, 0.717) is 12.0 Å². The molecule has 0 saturated carbocycles. The monoisotopic (exact) mass is 346 g/mol. The number of esters is 2. The smallest absolute Gasteiger partial charge is 0.340 e. The van der Waals surface area contributed by atoms with Crippen molar-refractivity contribution in [1.82, 2.24) is 0 Å². The van der Waals surface area contributed by atoms with Crippen LogP contribution in [-0.4, -0.2) is 39.7 Å². The number of hydrogen-bond acceptors (Lipinski definition) is 6. The third-order valence-corrected chi connectivity index (χ3v) is 2.85. The summed E-state index contributed by atoms with van der Waals surface area (Å²) in [7, 11) is 2.95. The average Bonchev–Trinajstić information content (AvgIpc) is 2.66. The largest absolute Gasteiger partial charge is 0.438 e. The Morgan fingerprint density at radius 2 is 1.28 bits per heavy atom. The van der Waals surface area contributed by atoms with Crippen molar-refractivity contribution in [2.75, 3.05) is 27.8 Å². The molecule has 2 aromatic rings. The average molecular weight is 346 g/mol. The maximum atomic E-state index is 11.1. The summed E-state index contributed by atoms with van der Waals surface area (Å²) < 4.78 is 18.6. The standard InChI is InChI=1S/C10H12O3.C9H10O3/c1-12-8-13-10(11)7-9-5-3-2-4-6-9;1-11-7-12-9(10)8-5-3-2-4-6-8/h2-6H,7-8H2,1H3;2-6H,7H2,1H3. The van der Waals surface area contributed by atoms with Gasteiger partial charge in [-0.3, -0.25) is 4.79 Å². The fraction of sp³-hybridized carbons (Fsp3) is 0.263. The van der Waals surface area contributed by atoms with E-state index in [1.165, 1.54) is 14.2 Å². The molecule has 0 aliphatic heterocycles. The number of methoxy groups -OCH3 is 2. The lowest BCUT2D eigenvalue weighted by molar-refractivity contribution is -0.153. The zero-order chi connectivity index (χ0) is 18.3. The second-order valence-corrected chi connectivity index (χ2v) is 4.79. The van der Waals surface area contributed by atoms with E-state index in [1.807, 2.05) is 36.4 Å². The first-order valence-electron chi connectivity index (χ1n) is 7.57. The summed E-state index contributed by atoms with van der Waals surface area (Å²) in [5, 5.41) is 0. The Bertz CT molecular complexity index is 612. The minimum atomic E-state index is -0.363. The van der Waals surface area contributed by atoms with Crippen molar-refractivity contribution in [3.05, 3.63) is 71.8 Å². The Labute approximate surface area is 147 Å². The van der Waals surface area contributed by atoms with E-state index in [-0.39, 0.29) is 25.5 Å². The lowest BCUT2D eigenvalue weighted by Crippen LogP contribution is -2.09. The predicted molar refractivity (Wildman–Crippen MR) is 91.8 cm³/mol. The molecule has 0 unspecified atom stereocenters. The van der Waals surface area contributed by atoms with Crippen molar-refractivity contribution in [3.63, 3.8) is 0 Å². The number of hydrogen-bond donors (Lipinski definition) is 0. The molecule has 2 rings (SSSR count). The van der Waals surface area contributed by atoms with E-state index < -0.39 is 0 Å². The highest BCUT2D eigenvalue weighted by molar-refractivity contribution is 5.89. The second-order valence-electron chi connectivity index (χ2n) is 4.79. The molecule has 0 amide bonds. The Balaban J connectivity index is 0.000000251. The van der Waals surface area contributed by atoms with Gasteiger partial charge in [0.2, 0.25) is 0 Å². The normalized spacial score (nSPS) is 9.52. The van der Waals surface area contributed by atoms with Gasteiger partial charge in [0, 0.05) is 14.2 Å². The summed E-state index contributed by atoms with van der Waals surface area (Å²) in [6.45, 7) is 0.0133. The van der Waals surface area contributed by atoms with Gasteiger partial charge < -0.3 is 18.9 Å². The van der Waals surface area contributed by atoms with Crippen molar-refractivity contribution in [2.24, 2.45) is 0 Å². The van der Waals surface area contributed by atoms with Gasteiger partial charge in [0.15, 0.2) is 13.6 Å². The van der Waals surface area contributed by atoms with Crippen molar-refractivity contribution < 1.29 is 28.5 Å². The quantitative estimate of drug-likeness (QED) is 0.567. The molecule has 134 valence electrons. The molecule has 0 heterocycles. The van der Waals surface area contributed by atoms with E-state index in [4.69, 9.17) is 9.47 Å². The van der Waals surface area contributed by atoms with Crippen LogP contribution >= 0.6 is 0 Å². The highest BCUT2D eigenvalue weighted by atomic mass is 16.7. The molecule has 0 radical (unpaired) electrons. The molecule has 0 aliphatic carbocycles. The van der Waals surface area contributed by atoms with Gasteiger partial charge in [0.05, 0.1) is 12.0 Å². The van der Waals surface area contributed by atoms with E-state index in [1.54, 1.807) is 24.3 Å². The zero-order valence-corrected chi connectivity index (χ0v) is 14.3. The molecule has 6 heteroatoms. The third-order valence-electron chi connectivity index (χ3n) is 2.85. The minimum absolute atomic E-state index is 0.00622. The van der Waals surface area contributed by atoms with Crippen LogP contribution in [0.3, 0.4) is 0 Å². The van der Waals surface area contributed by atoms with Gasteiger partial charge >= 0.3 is 11.9 Å². The Morgan fingerprint density at radius 1 is 0.760 bits per heavy atom. The molecule has 0 saturated heterocycles. The van der Waals surface area contributed by atoms with Crippen LogP contribution in [0.15, 0.2) is 60.7 Å². The molecule has 0 fully saturated rings. The highest BCUT2D eigenvalue weighted by Crippen LogP contribution is 2.01. The van der Waals surface area contributed by atoms with Crippen LogP contribution in [0.5, 0.6) is 0 Å². The Morgan fingerprint density at radius 3 is 1.84 bits per heavy atom. The van der Waals surface area contributed by atoms with E-state index >= 15 is 0 Å². The summed E-state index contributed by atoms with van der Waals surface area (Å²) in [6, 6.07) is 18.2. The molecule has 0 atom stereocenters. The molecule has 6 nitrogen and oxygen atoms in total. The Kier molecular flexibility index (Phi) is 10.3. The number of ether oxygens (including phenoxy) is 4. The number of benzene rings is 2. The molecule has 25 heavy (non-hydrogen) atoms. The molecule has 2 aromatic carbocycles. The summed E-state index contributed by atoms with van der Waals surface area (Å²) in [6.07, 6.45) is 0.296. The summed E-state index contributed by atoms with van der Waals surface area (Å²) >= 11 is 0. The van der Waals surface area contributed by atoms with Crippen molar-refractivity contribution in [2.45, 2.75) is 6.42 Å². The highest BCUT2D eigenvalue weighted by Gasteiger charge is 2.04. The molecule has 0 spiro atoms. The number of carbonyl (C=O) groups is 2. The molecule has 0 N–H and O–H groups in total. The summed E-state index contributed by atoms with van der Waals surface area (Å²) in [5.74, 6) is -0.634. The summed E-state index contributed by atoms with van der Waals surface area (Å²) in [5.41, 5.74) is 1.48. The number of rotatable bonds is 7. The SMILES string of the molecule is COCOC(=O)Cc1ccccc1.COCOC(=O)c1ccccc1. The second kappa shape index (κ2) is 12.7. The third kappa shape index (κ3) is 9.24. The molecular formula is C19H22O6. The molecule has 0 aliphatic rings. The lowest BCUT2D eigenvalue weighted by Gasteiger charge is -2.02. The van der Waals surface area contributed by atoms with Crippen LogP contribution < -0.4 is 0 Å². The van der Waals surface area contributed by atoms with Gasteiger partial charge in [0.25, 0.3) is 0 Å². The van der Waals surface area contributed by atoms with Crippen LogP contribution in [0.25, 0.3) is 0 Å². The number of carbonyl (C=O) groups excluding carboxylic acids is 2. The van der Waals surface area contributed by atoms with Gasteiger partial charge in [-0.1, -0.05) is 48.5 Å². The maximum absolute atomic E-state index is 11.1. The van der Waals surface area contributed by atoms with Crippen molar-refractivity contribution in [3.8, 4) is 0 Å². The van der Waals surface area contributed by atoms with Gasteiger partial charge in [-0.25, -0.2) is 4.79 Å². The topological polar surface area (TPSA) is 71.1 Å². The van der Waals surface area contributed by atoms with E-state index in [0.717, 1.165) is 5.56 Å². The van der Waals surface area contributed by atoms with Crippen LogP contribution in [0.2, 0.25) is 0 Å². The van der Waals surface area contributed by atoms with E-state index in [2.05, 4.69) is 9.47 Å². The fourth-order valence-electron chi connectivity index (χ4n) is 1.71. The van der Waals surface area contributed by atoms with Crippen LogP contribution in [-0.2, 0) is 30.2 Å². The molecule has 0 bridgehead atoms. The van der Waals surface area contributed by atoms with Crippen LogP contribution in [0.4, 0.5) is 0 Å². The first-order chi connectivity index (χ1) is 12.2. The van der Waals surface area contributed by atoms with E-state index in [9.17, 15) is 9.59 Å². The van der Waals surface area contributed by atoms with Crippen LogP contribution in [0.1, 0.15) is 15.9 Å². The zero-order valence-electron chi connectivity index (χ0n) is 14.3. The molecular weight excluding hydrogens is 324 g/mol. The van der Waals surface area contributed by atoms with Gasteiger partial charge in [-0.2, -0.15) is 0 Å². The summed E-state index contributed by atoms with van der Waals surface area (Å²) in [4.78, 5) is 22.2. The van der Waals surface area contributed by atoms with Gasteiger partial charge in [0.1, 0.15) is 0 Å². The fourth-order valence-corrected chi connectivity index (χ4v) is 1.71. The maximum Gasteiger partial charge on any atom is 0.340 e. The first kappa shape index (κ1) is 20.3. The van der Waals surface area contributed by atoms with Crippen molar-refractivity contribution in [1.29, 1.82) is 0 Å². The van der Waals surface area contributed by atoms with Crippen LogP contribution in [0, 0.1) is 0 Å². The minimum Gasteiger partial charge on any atom is -0.438 e. The van der Waals surface area contributed by atoms with Gasteiger partial charge in [-0.05, 0) is 17.7 Å². The lowest BCUT2D eigenvalue weighted by atomic mass is 10.2. The van der Waals surface area contributed by atoms with Crippen molar-refractivity contribution >= 4 is 11.9 Å². The predicted octanol–water partition coefficient (Wildman–Crippen LogP) is 2.82. The first-order valence-corrected chi connectivity index (χ1v) is 7.57. The van der Waals surface area contributed by atoms with Gasteiger partial charge in [-0.15, -0.1) is 0 Å². The molecule has 0 aromatic heterocycles.